The second-order valence-corrected chi connectivity index (χ2v) is 12.4. The number of aromatic nitrogens is 2. The van der Waals surface area contributed by atoms with Crippen LogP contribution in [0.15, 0.2) is 142 Å². The average molecular weight is 655 g/mol. The highest BCUT2D eigenvalue weighted by Crippen LogP contribution is 2.35. The molecule has 0 saturated carbocycles. The van der Waals surface area contributed by atoms with Crippen LogP contribution in [0.3, 0.4) is 0 Å². The van der Waals surface area contributed by atoms with Gasteiger partial charge in [-0.25, -0.2) is 9.97 Å². The van der Waals surface area contributed by atoms with Crippen molar-refractivity contribution in [1.29, 1.82) is 0 Å². The molecule has 7 rings (SSSR count). The van der Waals surface area contributed by atoms with Crippen LogP contribution in [0.25, 0.3) is 69.5 Å². The molecule has 0 N–H and O–H groups in total. The van der Waals surface area contributed by atoms with E-state index in [0.717, 1.165) is 67.7 Å². The molecule has 0 atom stereocenters. The van der Waals surface area contributed by atoms with E-state index in [-0.39, 0.29) is 0 Å². The molecule has 6 nitrogen and oxygen atoms in total. The number of nitrogens with zero attached hydrogens (tertiary/aromatic N) is 4. The summed E-state index contributed by atoms with van der Waals surface area (Å²) in [6.45, 7) is 0. The average Bonchev–Trinajstić information content (AvgIpc) is 3.80. The van der Waals surface area contributed by atoms with Gasteiger partial charge in [0.1, 0.15) is 11.4 Å². The Morgan fingerprint density at radius 2 is 0.760 bits per heavy atom. The van der Waals surface area contributed by atoms with Crippen molar-refractivity contribution in [2.75, 3.05) is 38.0 Å². The predicted octanol–water partition coefficient (Wildman–Crippen LogP) is 10.8. The third-order valence-corrected chi connectivity index (χ3v) is 8.45. The van der Waals surface area contributed by atoms with E-state index >= 15 is 0 Å². The van der Waals surface area contributed by atoms with Crippen molar-refractivity contribution in [1.82, 2.24) is 9.97 Å². The van der Waals surface area contributed by atoms with Crippen molar-refractivity contribution >= 4 is 35.7 Å². The first-order valence-electron chi connectivity index (χ1n) is 16.6. The first-order valence-corrected chi connectivity index (χ1v) is 16.6. The van der Waals surface area contributed by atoms with Crippen LogP contribution in [0.5, 0.6) is 0 Å². The summed E-state index contributed by atoms with van der Waals surface area (Å²) in [6, 6.07) is 45.2. The largest absolute Gasteiger partial charge is 0.436 e. The highest BCUT2D eigenvalue weighted by Gasteiger charge is 2.17. The van der Waals surface area contributed by atoms with Gasteiger partial charge in [-0.15, -0.1) is 0 Å². The topological polar surface area (TPSA) is 58.5 Å². The third kappa shape index (κ3) is 7.20. The minimum Gasteiger partial charge on any atom is -0.436 e. The van der Waals surface area contributed by atoms with E-state index < -0.39 is 0 Å². The highest BCUT2D eigenvalue weighted by molar-refractivity contribution is 5.81. The van der Waals surface area contributed by atoms with Gasteiger partial charge < -0.3 is 18.6 Å². The molecule has 0 aliphatic heterocycles. The van der Waals surface area contributed by atoms with Crippen molar-refractivity contribution in [3.63, 3.8) is 0 Å². The van der Waals surface area contributed by atoms with Crippen LogP contribution in [0, 0.1) is 0 Å². The van der Waals surface area contributed by atoms with E-state index in [1.54, 1.807) is 0 Å². The van der Waals surface area contributed by atoms with E-state index in [0.29, 0.717) is 11.8 Å². The maximum absolute atomic E-state index is 6.32. The molecule has 2 heterocycles. The normalized spacial score (nSPS) is 11.4. The molecule has 6 heteroatoms. The lowest BCUT2D eigenvalue weighted by atomic mass is 10.1. The lowest BCUT2D eigenvalue weighted by Crippen LogP contribution is -2.07. The lowest BCUT2D eigenvalue weighted by Gasteiger charge is -2.12. The molecular weight excluding hydrogens is 617 g/mol. The molecule has 0 aliphatic rings. The lowest BCUT2D eigenvalue weighted by molar-refractivity contribution is 0.560. The highest BCUT2D eigenvalue weighted by atomic mass is 16.4. The standard InChI is InChI=1S/C44H38N4O2/c1-47(2)37-25-21-33(22-26-37)41-43(35-11-7-5-8-12-35)49-39(45-41)29-19-31-15-17-32(18-16-31)20-30-40-46-42(34-23-27-38(28-24-34)48(3)4)44(50-40)36-13-9-6-10-14-36/h5-30H,1-4H3. The molecule has 246 valence electrons. The molecule has 0 aliphatic carbocycles. The van der Waals surface area contributed by atoms with Crippen LogP contribution in [0.1, 0.15) is 22.9 Å². The molecule has 0 amide bonds. The number of oxazole rings is 2. The van der Waals surface area contributed by atoms with Gasteiger partial charge in [-0.2, -0.15) is 0 Å². The van der Waals surface area contributed by atoms with Crippen molar-refractivity contribution in [3.05, 3.63) is 156 Å². The maximum atomic E-state index is 6.32. The molecule has 7 aromatic rings. The molecule has 0 bridgehead atoms. The zero-order chi connectivity index (χ0) is 34.5. The summed E-state index contributed by atoms with van der Waals surface area (Å²) in [5.74, 6) is 2.59. The van der Waals surface area contributed by atoms with Crippen LogP contribution in [-0.2, 0) is 0 Å². The maximum Gasteiger partial charge on any atom is 0.220 e. The Bertz CT molecular complexity index is 2060. The van der Waals surface area contributed by atoms with Gasteiger partial charge in [-0.05, 0) is 47.5 Å². The summed E-state index contributed by atoms with van der Waals surface area (Å²) < 4.78 is 12.6. The van der Waals surface area contributed by atoms with E-state index in [2.05, 4.69) is 82.6 Å². The fraction of sp³-hybridized carbons (Fsp3) is 0.0909. The van der Waals surface area contributed by atoms with Crippen LogP contribution in [-0.4, -0.2) is 38.2 Å². The fourth-order valence-electron chi connectivity index (χ4n) is 5.67. The van der Waals surface area contributed by atoms with E-state index in [4.69, 9.17) is 18.8 Å². The quantitative estimate of drug-likeness (QED) is 0.146. The van der Waals surface area contributed by atoms with Crippen molar-refractivity contribution in [2.45, 2.75) is 0 Å². The van der Waals surface area contributed by atoms with Crippen LogP contribution >= 0.6 is 0 Å². The second kappa shape index (κ2) is 14.4. The molecule has 5 aromatic carbocycles. The molecule has 50 heavy (non-hydrogen) atoms. The van der Waals surface area contributed by atoms with Crippen LogP contribution < -0.4 is 9.80 Å². The predicted molar refractivity (Wildman–Crippen MR) is 208 cm³/mol. The van der Waals surface area contributed by atoms with E-state index in [9.17, 15) is 0 Å². The third-order valence-electron chi connectivity index (χ3n) is 8.45. The molecule has 0 fully saturated rings. The number of hydrogen-bond donors (Lipinski definition) is 0. The first kappa shape index (κ1) is 32.2. The first-order chi connectivity index (χ1) is 24.4. The minimum atomic E-state index is 0.546. The number of anilines is 2. The monoisotopic (exact) mass is 654 g/mol. The van der Waals surface area contributed by atoms with E-state index in [1.807, 2.05) is 113 Å². The SMILES string of the molecule is CN(C)c1ccc(-c2nc(C=Cc3ccc(C=Cc4nc(-c5ccc(N(C)C)cc5)c(-c5ccccc5)o4)cc3)oc2-c2ccccc2)cc1. The van der Waals surface area contributed by atoms with Gasteiger partial charge in [0.2, 0.25) is 11.8 Å². The zero-order valence-corrected chi connectivity index (χ0v) is 28.6. The Kier molecular flexibility index (Phi) is 9.25. The van der Waals surface area contributed by atoms with Crippen molar-refractivity contribution < 1.29 is 8.83 Å². The number of benzene rings is 5. The fourth-order valence-corrected chi connectivity index (χ4v) is 5.67. The molecule has 0 unspecified atom stereocenters. The summed E-state index contributed by atoms with van der Waals surface area (Å²) in [7, 11) is 8.14. The Morgan fingerprint density at radius 3 is 1.10 bits per heavy atom. The van der Waals surface area contributed by atoms with Crippen molar-refractivity contribution in [3.8, 4) is 45.2 Å². The van der Waals surface area contributed by atoms with Gasteiger partial charge in [-0.3, -0.25) is 0 Å². The van der Waals surface area contributed by atoms with Gasteiger partial charge in [0, 0.05) is 74.0 Å². The smallest absolute Gasteiger partial charge is 0.220 e. The van der Waals surface area contributed by atoms with Crippen molar-refractivity contribution in [2.24, 2.45) is 0 Å². The Morgan fingerprint density at radius 1 is 0.400 bits per heavy atom. The van der Waals surface area contributed by atoms with E-state index in [1.165, 1.54) is 0 Å². The van der Waals surface area contributed by atoms with Crippen LogP contribution in [0.2, 0.25) is 0 Å². The molecule has 0 radical (unpaired) electrons. The summed E-state index contributed by atoms with van der Waals surface area (Å²) in [4.78, 5) is 14.0. The Hall–Kier alpha value is -6.40. The molecular formula is C44H38N4O2. The summed E-state index contributed by atoms with van der Waals surface area (Å²) in [5, 5.41) is 0. The number of hydrogen-bond acceptors (Lipinski definition) is 6. The Balaban J connectivity index is 1.11. The molecule has 0 saturated heterocycles. The summed E-state index contributed by atoms with van der Waals surface area (Å²) >= 11 is 0. The van der Waals surface area contributed by atoms with Crippen LogP contribution in [0.4, 0.5) is 11.4 Å². The van der Waals surface area contributed by atoms with Gasteiger partial charge >= 0.3 is 0 Å². The van der Waals surface area contributed by atoms with Gasteiger partial charge in [-0.1, -0.05) is 109 Å². The summed E-state index contributed by atoms with van der Waals surface area (Å²) in [6.07, 6.45) is 7.86. The number of rotatable bonds is 10. The Labute approximate surface area is 293 Å². The zero-order valence-electron chi connectivity index (χ0n) is 28.6. The minimum absolute atomic E-state index is 0.546. The molecule has 2 aromatic heterocycles. The van der Waals surface area contributed by atoms with Gasteiger partial charge in [0.15, 0.2) is 11.5 Å². The van der Waals surface area contributed by atoms with Gasteiger partial charge in [0.05, 0.1) is 0 Å². The van der Waals surface area contributed by atoms with Gasteiger partial charge in [0.25, 0.3) is 0 Å². The molecule has 0 spiro atoms. The second-order valence-electron chi connectivity index (χ2n) is 12.4. The summed E-state index contributed by atoms with van der Waals surface area (Å²) in [5.41, 5.74) is 9.94.